The van der Waals surface area contributed by atoms with Crippen LogP contribution < -0.4 is 5.32 Å². The highest BCUT2D eigenvalue weighted by Crippen LogP contribution is 2.37. The van der Waals surface area contributed by atoms with Crippen LogP contribution >= 0.6 is 23.2 Å². The van der Waals surface area contributed by atoms with E-state index < -0.39 is 11.0 Å². The van der Waals surface area contributed by atoms with Gasteiger partial charge in [-0.3, -0.25) is 9.59 Å². The fraction of sp³-hybridized carbons (Fsp3) is 0.222. The van der Waals surface area contributed by atoms with Crippen LogP contribution in [0.15, 0.2) is 66.7 Å². The van der Waals surface area contributed by atoms with Crippen molar-refractivity contribution in [2.75, 3.05) is 12.4 Å². The van der Waals surface area contributed by atoms with Gasteiger partial charge in [0.15, 0.2) is 0 Å². The highest BCUT2D eigenvalue weighted by atomic mass is 35.5. The number of nitrogens with zero attached hydrogens (tertiary/aromatic N) is 1. The number of alkyl halides is 1. The maximum absolute atomic E-state index is 13.2. The molecule has 0 fully saturated rings. The highest BCUT2D eigenvalue weighted by molar-refractivity contribution is 6.35. The summed E-state index contributed by atoms with van der Waals surface area (Å²) in [7, 11) is 1.27. The van der Waals surface area contributed by atoms with Crippen LogP contribution in [0.1, 0.15) is 46.0 Å². The fourth-order valence-corrected chi connectivity index (χ4v) is 4.68. The molecule has 180 valence electrons. The van der Waals surface area contributed by atoms with E-state index in [1.807, 2.05) is 31.2 Å². The van der Waals surface area contributed by atoms with Gasteiger partial charge >= 0.3 is 5.97 Å². The van der Waals surface area contributed by atoms with Gasteiger partial charge in [-0.2, -0.15) is 0 Å². The van der Waals surface area contributed by atoms with Crippen molar-refractivity contribution in [3.63, 3.8) is 0 Å². The number of fused-ring (bicyclic) bond motifs is 1. The van der Waals surface area contributed by atoms with Gasteiger partial charge in [-0.1, -0.05) is 60.8 Å². The Morgan fingerprint density at radius 3 is 2.31 bits per heavy atom. The molecular weight excluding hydrogens is 487 g/mol. The summed E-state index contributed by atoms with van der Waals surface area (Å²) in [6.07, 6.45) is 0.905. The molecule has 35 heavy (non-hydrogen) atoms. The van der Waals surface area contributed by atoms with Gasteiger partial charge in [0.25, 0.3) is 11.8 Å². The minimum atomic E-state index is -1.54. The number of esters is 1. The van der Waals surface area contributed by atoms with E-state index >= 15 is 0 Å². The van der Waals surface area contributed by atoms with Crippen LogP contribution in [0, 0.1) is 0 Å². The van der Waals surface area contributed by atoms with E-state index in [2.05, 4.69) is 5.32 Å². The van der Waals surface area contributed by atoms with Gasteiger partial charge in [0.05, 0.1) is 7.11 Å². The van der Waals surface area contributed by atoms with Crippen molar-refractivity contribution >= 4 is 46.7 Å². The molecule has 0 aromatic heterocycles. The van der Waals surface area contributed by atoms with Gasteiger partial charge in [-0.05, 0) is 65.6 Å². The number of hydrogen-bond donors (Lipinski definition) is 1. The zero-order chi connectivity index (χ0) is 25.2. The predicted octanol–water partition coefficient (Wildman–Crippen LogP) is 6.12. The summed E-state index contributed by atoms with van der Waals surface area (Å²) < 4.78 is 4.89. The number of ether oxygens (including phenoxy) is 1. The van der Waals surface area contributed by atoms with E-state index in [0.717, 1.165) is 16.7 Å². The molecule has 1 heterocycles. The molecule has 1 N–H and O–H groups in total. The van der Waals surface area contributed by atoms with Crippen LogP contribution in [-0.4, -0.2) is 34.8 Å². The average Bonchev–Trinajstić information content (AvgIpc) is 3.20. The van der Waals surface area contributed by atoms with Crippen LogP contribution in [0.25, 0.3) is 11.1 Å². The molecule has 0 radical (unpaired) electrons. The van der Waals surface area contributed by atoms with Crippen molar-refractivity contribution in [3.8, 4) is 11.1 Å². The smallest absolute Gasteiger partial charge is 0.347 e. The molecule has 0 bridgehead atoms. The number of rotatable bonds is 7. The zero-order valence-electron chi connectivity index (χ0n) is 19.3. The van der Waals surface area contributed by atoms with E-state index in [4.69, 9.17) is 27.9 Å². The summed E-state index contributed by atoms with van der Waals surface area (Å²) in [4.78, 5) is 37.9. The molecular formula is C27H24Cl2N2O4. The molecule has 2 amide bonds. The van der Waals surface area contributed by atoms with Crippen LogP contribution in [0.2, 0.25) is 5.02 Å². The third-order valence-electron chi connectivity index (χ3n) is 6.00. The lowest BCUT2D eigenvalue weighted by Crippen LogP contribution is -2.51. The Bertz CT molecular complexity index is 1280. The minimum absolute atomic E-state index is 0.236. The number of hydrogen-bond acceptors (Lipinski definition) is 4. The quantitative estimate of drug-likeness (QED) is 0.236. The highest BCUT2D eigenvalue weighted by Gasteiger charge is 2.48. The molecule has 6 nitrogen and oxygen atoms in total. The average molecular weight is 511 g/mol. The number of carbonyl (C=O) groups excluding carboxylic acids is 3. The van der Waals surface area contributed by atoms with Crippen LogP contribution in [-0.2, 0) is 16.1 Å². The number of carbonyl (C=O) groups is 3. The number of anilines is 1. The van der Waals surface area contributed by atoms with E-state index in [1.54, 1.807) is 42.5 Å². The summed E-state index contributed by atoms with van der Waals surface area (Å²) in [5.74, 6) is -1.18. The molecule has 3 aromatic rings. The second-order valence-corrected chi connectivity index (χ2v) is 9.36. The van der Waals surface area contributed by atoms with Crippen molar-refractivity contribution in [2.45, 2.75) is 31.3 Å². The molecule has 1 aliphatic heterocycles. The maximum Gasteiger partial charge on any atom is 0.347 e. The molecule has 1 aliphatic rings. The lowest BCUT2D eigenvalue weighted by Gasteiger charge is -2.33. The van der Waals surface area contributed by atoms with Crippen LogP contribution in [0.5, 0.6) is 0 Å². The van der Waals surface area contributed by atoms with Gasteiger partial charge in [0.1, 0.15) is 0 Å². The fourth-order valence-electron chi connectivity index (χ4n) is 4.15. The Labute approximate surface area is 213 Å². The first-order valence-corrected chi connectivity index (χ1v) is 11.9. The first-order valence-electron chi connectivity index (χ1n) is 11.2. The standard InChI is InChI=1S/C27H24Cl2N2O4/c1-3-14-27(29,26(34)35-2)31-16-20-5-4-19(15-23(20)25(31)33)17-8-12-22(13-9-17)30-24(32)18-6-10-21(28)11-7-18/h4-13,15H,3,14,16H2,1-2H3,(H,30,32). The van der Waals surface area contributed by atoms with Gasteiger partial charge in [0, 0.05) is 28.4 Å². The first kappa shape index (κ1) is 24.8. The molecule has 8 heteroatoms. The number of halogens is 2. The van der Waals surface area contributed by atoms with Gasteiger partial charge in [-0.25, -0.2) is 4.79 Å². The second kappa shape index (κ2) is 10.1. The molecule has 1 atom stereocenters. The number of amides is 2. The van der Waals surface area contributed by atoms with E-state index in [1.165, 1.54) is 12.0 Å². The minimum Gasteiger partial charge on any atom is -0.466 e. The van der Waals surface area contributed by atoms with Crippen molar-refractivity contribution in [2.24, 2.45) is 0 Å². The lowest BCUT2D eigenvalue weighted by molar-refractivity contribution is -0.149. The summed E-state index contributed by atoms with van der Waals surface area (Å²) in [6, 6.07) is 19.6. The maximum atomic E-state index is 13.2. The van der Waals surface area contributed by atoms with Crippen molar-refractivity contribution in [3.05, 3.63) is 88.4 Å². The monoisotopic (exact) mass is 510 g/mol. The Hall–Kier alpha value is -3.35. The Balaban J connectivity index is 1.53. The van der Waals surface area contributed by atoms with E-state index in [0.29, 0.717) is 28.3 Å². The van der Waals surface area contributed by atoms with Crippen molar-refractivity contribution in [1.82, 2.24) is 4.90 Å². The van der Waals surface area contributed by atoms with E-state index in [-0.39, 0.29) is 24.8 Å². The van der Waals surface area contributed by atoms with Crippen molar-refractivity contribution in [1.29, 1.82) is 0 Å². The molecule has 3 aromatic carbocycles. The molecule has 0 saturated carbocycles. The topological polar surface area (TPSA) is 75.7 Å². The van der Waals surface area contributed by atoms with Crippen LogP contribution in [0.3, 0.4) is 0 Å². The molecule has 0 spiro atoms. The van der Waals surface area contributed by atoms with Crippen molar-refractivity contribution < 1.29 is 19.1 Å². The van der Waals surface area contributed by atoms with Gasteiger partial charge in [-0.15, -0.1) is 0 Å². The lowest BCUT2D eigenvalue weighted by atomic mass is 10.00. The van der Waals surface area contributed by atoms with E-state index in [9.17, 15) is 14.4 Å². The summed E-state index contributed by atoms with van der Waals surface area (Å²) in [5.41, 5.74) is 4.17. The predicted molar refractivity (Wildman–Crippen MR) is 137 cm³/mol. The molecule has 1 unspecified atom stereocenters. The SMILES string of the molecule is CCCC(Cl)(C(=O)OC)N1Cc2ccc(-c3ccc(NC(=O)c4ccc(Cl)cc4)cc3)cc2C1=O. The Kier molecular flexibility index (Phi) is 7.15. The zero-order valence-corrected chi connectivity index (χ0v) is 20.8. The summed E-state index contributed by atoms with van der Waals surface area (Å²) in [5, 5.41) is 3.42. The number of methoxy groups -OCH3 is 1. The molecule has 4 rings (SSSR count). The number of nitrogens with one attached hydrogen (secondary N) is 1. The van der Waals surface area contributed by atoms with Gasteiger partial charge < -0.3 is 15.0 Å². The number of benzene rings is 3. The summed E-state index contributed by atoms with van der Waals surface area (Å²) >= 11 is 12.5. The Morgan fingerprint density at radius 2 is 1.69 bits per heavy atom. The normalized spacial score (nSPS) is 14.3. The van der Waals surface area contributed by atoms with Gasteiger partial charge in [0.2, 0.25) is 5.00 Å². The third-order valence-corrected chi connectivity index (χ3v) is 6.80. The second-order valence-electron chi connectivity index (χ2n) is 8.30. The third kappa shape index (κ3) is 4.90. The van der Waals surface area contributed by atoms with Crippen LogP contribution in [0.4, 0.5) is 5.69 Å². The molecule has 0 aliphatic carbocycles. The Morgan fingerprint density at radius 1 is 1.03 bits per heavy atom. The first-order chi connectivity index (χ1) is 16.8. The molecule has 0 saturated heterocycles. The largest absolute Gasteiger partial charge is 0.466 e. The summed E-state index contributed by atoms with van der Waals surface area (Å²) in [6.45, 7) is 2.14.